The number of carbonyl (C=O) groups excluding carboxylic acids is 1. The van der Waals surface area contributed by atoms with Gasteiger partial charge in [0.2, 0.25) is 5.91 Å². The van der Waals surface area contributed by atoms with Crippen molar-refractivity contribution in [1.29, 1.82) is 0 Å². The van der Waals surface area contributed by atoms with Gasteiger partial charge in [-0.05, 0) is 37.2 Å². The van der Waals surface area contributed by atoms with Crippen molar-refractivity contribution in [2.24, 2.45) is 0 Å². The second-order valence-corrected chi connectivity index (χ2v) is 5.31. The molecule has 2 rings (SSSR count). The Balaban J connectivity index is 1.82. The second kappa shape index (κ2) is 10.4. The number of hydrogen-bond acceptors (Lipinski definition) is 4. The number of benzene rings is 2. The maximum absolute atomic E-state index is 12.1. The molecule has 0 aromatic heterocycles. The predicted molar refractivity (Wildman–Crippen MR) is 95.6 cm³/mol. The van der Waals surface area contributed by atoms with Gasteiger partial charge in [0.1, 0.15) is 5.75 Å². The molecule has 0 heterocycles. The normalized spacial score (nSPS) is 10.4. The zero-order valence-electron chi connectivity index (χ0n) is 14.0. The maximum Gasteiger partial charge on any atom is 0.225 e. The van der Waals surface area contributed by atoms with Crippen LogP contribution in [0.4, 0.5) is 5.69 Å². The number of amides is 1. The van der Waals surface area contributed by atoms with E-state index in [1.807, 2.05) is 54.6 Å². The average molecular weight is 328 g/mol. The minimum atomic E-state index is -0.0432. The van der Waals surface area contributed by atoms with Crippen molar-refractivity contribution >= 4 is 11.6 Å². The number of para-hydroxylation sites is 3. The molecule has 128 valence electrons. The van der Waals surface area contributed by atoms with Crippen LogP contribution in [0.1, 0.15) is 12.8 Å². The Morgan fingerprint density at radius 2 is 1.75 bits per heavy atom. The van der Waals surface area contributed by atoms with Crippen molar-refractivity contribution in [3.8, 4) is 11.5 Å². The lowest BCUT2D eigenvalue weighted by Crippen LogP contribution is -2.23. The monoisotopic (exact) mass is 328 g/mol. The molecule has 0 bridgehead atoms. The van der Waals surface area contributed by atoms with Crippen molar-refractivity contribution < 1.29 is 14.3 Å². The van der Waals surface area contributed by atoms with Crippen LogP contribution in [0.5, 0.6) is 11.5 Å². The number of anilines is 1. The van der Waals surface area contributed by atoms with Gasteiger partial charge in [0.25, 0.3) is 0 Å². The van der Waals surface area contributed by atoms with Crippen LogP contribution in [0.2, 0.25) is 0 Å². The molecule has 24 heavy (non-hydrogen) atoms. The summed E-state index contributed by atoms with van der Waals surface area (Å²) in [6.07, 6.45) is 1.35. The quantitative estimate of drug-likeness (QED) is 0.656. The molecule has 0 fully saturated rings. The van der Waals surface area contributed by atoms with Crippen LogP contribution >= 0.6 is 0 Å². The third-order valence-corrected chi connectivity index (χ3v) is 3.36. The largest absolute Gasteiger partial charge is 0.455 e. The fourth-order valence-corrected chi connectivity index (χ4v) is 2.16. The van der Waals surface area contributed by atoms with Gasteiger partial charge in [-0.15, -0.1) is 0 Å². The van der Waals surface area contributed by atoms with Gasteiger partial charge in [-0.3, -0.25) is 4.79 Å². The summed E-state index contributed by atoms with van der Waals surface area (Å²) < 4.78 is 10.8. The molecule has 2 aromatic carbocycles. The van der Waals surface area contributed by atoms with Crippen molar-refractivity contribution in [1.82, 2.24) is 5.32 Å². The molecule has 1 amide bonds. The highest BCUT2D eigenvalue weighted by Gasteiger charge is 2.08. The van der Waals surface area contributed by atoms with Crippen LogP contribution in [0.3, 0.4) is 0 Å². The molecule has 0 radical (unpaired) electrons. The Kier molecular flexibility index (Phi) is 7.80. The highest BCUT2D eigenvalue weighted by atomic mass is 16.5. The van der Waals surface area contributed by atoms with E-state index in [9.17, 15) is 4.79 Å². The van der Waals surface area contributed by atoms with E-state index in [0.29, 0.717) is 24.4 Å². The van der Waals surface area contributed by atoms with Crippen LogP contribution in [-0.4, -0.2) is 32.7 Å². The molecule has 5 nitrogen and oxygen atoms in total. The van der Waals surface area contributed by atoms with Crippen LogP contribution in [-0.2, 0) is 9.53 Å². The SMILES string of the molecule is COCCCNCCC(=O)Nc1ccccc1Oc1ccccc1. The van der Waals surface area contributed by atoms with E-state index in [1.165, 1.54) is 0 Å². The predicted octanol–water partition coefficient (Wildman–Crippen LogP) is 3.43. The van der Waals surface area contributed by atoms with Gasteiger partial charge >= 0.3 is 0 Å². The first kappa shape index (κ1) is 18.0. The lowest BCUT2D eigenvalue weighted by Gasteiger charge is -2.12. The number of ether oxygens (including phenoxy) is 2. The van der Waals surface area contributed by atoms with Crippen LogP contribution < -0.4 is 15.4 Å². The van der Waals surface area contributed by atoms with Crippen molar-refractivity contribution in [3.63, 3.8) is 0 Å². The Hall–Kier alpha value is -2.37. The fraction of sp³-hybridized carbons (Fsp3) is 0.316. The first-order valence-corrected chi connectivity index (χ1v) is 8.11. The van der Waals surface area contributed by atoms with Crippen LogP contribution in [0.25, 0.3) is 0 Å². The first-order valence-electron chi connectivity index (χ1n) is 8.11. The summed E-state index contributed by atoms with van der Waals surface area (Å²) >= 11 is 0. The maximum atomic E-state index is 12.1. The topological polar surface area (TPSA) is 59.6 Å². The smallest absolute Gasteiger partial charge is 0.225 e. The first-order chi connectivity index (χ1) is 11.8. The van der Waals surface area contributed by atoms with E-state index in [2.05, 4.69) is 10.6 Å². The fourth-order valence-electron chi connectivity index (χ4n) is 2.16. The standard InChI is InChI=1S/C19H24N2O3/c1-23-15-7-13-20-14-12-19(22)21-17-10-5-6-11-18(17)24-16-8-3-2-4-9-16/h2-6,8-11,20H,7,12-15H2,1H3,(H,21,22). The highest BCUT2D eigenvalue weighted by molar-refractivity contribution is 5.92. The summed E-state index contributed by atoms with van der Waals surface area (Å²) in [5.74, 6) is 1.32. The molecule has 0 unspecified atom stereocenters. The molecule has 0 aliphatic heterocycles. The van der Waals surface area contributed by atoms with Gasteiger partial charge < -0.3 is 20.1 Å². The molecular weight excluding hydrogens is 304 g/mol. The van der Waals surface area contributed by atoms with E-state index in [4.69, 9.17) is 9.47 Å². The van der Waals surface area contributed by atoms with Gasteiger partial charge in [-0.25, -0.2) is 0 Å². The van der Waals surface area contributed by atoms with E-state index in [1.54, 1.807) is 7.11 Å². The van der Waals surface area contributed by atoms with Crippen LogP contribution in [0.15, 0.2) is 54.6 Å². The molecule has 2 N–H and O–H groups in total. The minimum Gasteiger partial charge on any atom is -0.455 e. The minimum absolute atomic E-state index is 0.0432. The van der Waals surface area contributed by atoms with Crippen molar-refractivity contribution in [2.45, 2.75) is 12.8 Å². The van der Waals surface area contributed by atoms with Gasteiger partial charge in [0.15, 0.2) is 5.75 Å². The van der Waals surface area contributed by atoms with Gasteiger partial charge in [0, 0.05) is 26.7 Å². The Labute approximate surface area is 143 Å². The molecule has 0 saturated heterocycles. The number of methoxy groups -OCH3 is 1. The summed E-state index contributed by atoms with van der Waals surface area (Å²) in [6, 6.07) is 16.9. The Morgan fingerprint density at radius 1 is 1.00 bits per heavy atom. The van der Waals surface area contributed by atoms with Gasteiger partial charge in [0.05, 0.1) is 5.69 Å². The molecular formula is C19H24N2O3. The average Bonchev–Trinajstić information content (AvgIpc) is 2.61. The van der Waals surface area contributed by atoms with Crippen molar-refractivity contribution in [2.75, 3.05) is 32.1 Å². The number of carbonyl (C=O) groups is 1. The molecule has 0 saturated carbocycles. The third-order valence-electron chi connectivity index (χ3n) is 3.36. The van der Waals surface area contributed by atoms with E-state index >= 15 is 0 Å². The van der Waals surface area contributed by atoms with E-state index < -0.39 is 0 Å². The summed E-state index contributed by atoms with van der Waals surface area (Å²) in [4.78, 5) is 12.1. The lowest BCUT2D eigenvalue weighted by molar-refractivity contribution is -0.116. The van der Waals surface area contributed by atoms with Gasteiger partial charge in [-0.1, -0.05) is 30.3 Å². The molecule has 0 aliphatic rings. The Bertz CT molecular complexity index is 617. The summed E-state index contributed by atoms with van der Waals surface area (Å²) in [6.45, 7) is 2.20. The number of hydrogen-bond donors (Lipinski definition) is 2. The number of nitrogens with one attached hydrogen (secondary N) is 2. The van der Waals surface area contributed by atoms with Gasteiger partial charge in [-0.2, -0.15) is 0 Å². The van der Waals surface area contributed by atoms with E-state index in [0.717, 1.165) is 25.3 Å². The van der Waals surface area contributed by atoms with Crippen molar-refractivity contribution in [3.05, 3.63) is 54.6 Å². The van der Waals surface area contributed by atoms with Crippen LogP contribution in [0, 0.1) is 0 Å². The zero-order valence-corrected chi connectivity index (χ0v) is 14.0. The molecule has 2 aromatic rings. The number of rotatable bonds is 10. The Morgan fingerprint density at radius 3 is 2.54 bits per heavy atom. The summed E-state index contributed by atoms with van der Waals surface area (Å²) in [5, 5.41) is 6.12. The molecule has 5 heteroatoms. The zero-order chi connectivity index (χ0) is 17.0. The third kappa shape index (κ3) is 6.40. The summed E-state index contributed by atoms with van der Waals surface area (Å²) in [7, 11) is 1.68. The van der Waals surface area contributed by atoms with E-state index in [-0.39, 0.29) is 5.91 Å². The molecule has 0 aliphatic carbocycles. The molecule has 0 atom stereocenters. The second-order valence-electron chi connectivity index (χ2n) is 5.31. The highest BCUT2D eigenvalue weighted by Crippen LogP contribution is 2.29. The molecule has 0 spiro atoms. The summed E-state index contributed by atoms with van der Waals surface area (Å²) in [5.41, 5.74) is 0.672. The lowest BCUT2D eigenvalue weighted by atomic mass is 10.2.